The van der Waals surface area contributed by atoms with Crippen molar-refractivity contribution in [3.63, 3.8) is 0 Å². The van der Waals surface area contributed by atoms with E-state index in [1.165, 1.54) is 11.1 Å². The van der Waals surface area contributed by atoms with Crippen LogP contribution < -0.4 is 10.5 Å². The lowest BCUT2D eigenvalue weighted by atomic mass is 10.00. The van der Waals surface area contributed by atoms with Gasteiger partial charge in [0.2, 0.25) is 0 Å². The second-order valence-corrected chi connectivity index (χ2v) is 4.70. The maximum absolute atomic E-state index is 6.27. The number of fused-ring (bicyclic) bond motifs is 1. The van der Waals surface area contributed by atoms with Crippen LogP contribution in [0, 0.1) is 6.92 Å². The van der Waals surface area contributed by atoms with Crippen molar-refractivity contribution in [1.82, 2.24) is 0 Å². The minimum Gasteiger partial charge on any atom is -0.493 e. The molecular weight excluding hydrogens is 222 g/mol. The van der Waals surface area contributed by atoms with Gasteiger partial charge in [-0.05, 0) is 43.9 Å². The summed E-state index contributed by atoms with van der Waals surface area (Å²) < 4.78 is 5.68. The number of benzene rings is 1. The van der Waals surface area contributed by atoms with E-state index < -0.39 is 0 Å². The van der Waals surface area contributed by atoms with Crippen LogP contribution in [0.1, 0.15) is 29.5 Å². The number of hydrogen-bond acceptors (Lipinski definition) is 2. The van der Waals surface area contributed by atoms with E-state index in [0.29, 0.717) is 0 Å². The largest absolute Gasteiger partial charge is 0.493 e. The maximum Gasteiger partial charge on any atom is 0.127 e. The van der Waals surface area contributed by atoms with Gasteiger partial charge in [-0.3, -0.25) is 0 Å². The summed E-state index contributed by atoms with van der Waals surface area (Å²) in [7, 11) is 0. The lowest BCUT2D eigenvalue weighted by Gasteiger charge is -2.11. The Morgan fingerprint density at radius 2 is 2.25 bits per heavy atom. The fourth-order valence-corrected chi connectivity index (χ4v) is 2.46. The predicted octanol–water partition coefficient (Wildman–Crippen LogP) is 2.86. The summed E-state index contributed by atoms with van der Waals surface area (Å²) in [5, 5.41) is 0.884. The van der Waals surface area contributed by atoms with Gasteiger partial charge in [-0.2, -0.15) is 0 Å². The number of rotatable bonds is 4. The van der Waals surface area contributed by atoms with Gasteiger partial charge in [0.05, 0.1) is 11.6 Å². The van der Waals surface area contributed by atoms with Crippen molar-refractivity contribution < 1.29 is 4.74 Å². The molecule has 0 bridgehead atoms. The van der Waals surface area contributed by atoms with Crippen LogP contribution in [0.2, 0.25) is 5.02 Å². The van der Waals surface area contributed by atoms with Crippen molar-refractivity contribution in [2.24, 2.45) is 5.73 Å². The van der Waals surface area contributed by atoms with Crippen molar-refractivity contribution >= 4 is 11.6 Å². The fourth-order valence-electron chi connectivity index (χ4n) is 2.23. The van der Waals surface area contributed by atoms with Gasteiger partial charge in [0.1, 0.15) is 5.75 Å². The van der Waals surface area contributed by atoms with Gasteiger partial charge < -0.3 is 10.5 Å². The second-order valence-electron chi connectivity index (χ2n) is 4.32. The highest BCUT2D eigenvalue weighted by atomic mass is 35.5. The van der Waals surface area contributed by atoms with Gasteiger partial charge in [0, 0.05) is 12.0 Å². The number of nitrogens with two attached hydrogens (primary N) is 1. The Bertz CT molecular complexity index is 390. The molecule has 1 aromatic rings. The van der Waals surface area contributed by atoms with Gasteiger partial charge in [-0.25, -0.2) is 0 Å². The molecule has 1 aliphatic rings. The Balaban J connectivity index is 2.25. The van der Waals surface area contributed by atoms with Crippen LogP contribution in [0.4, 0.5) is 0 Å². The molecule has 88 valence electrons. The van der Waals surface area contributed by atoms with E-state index in [1.807, 2.05) is 0 Å². The van der Waals surface area contributed by atoms with E-state index in [1.54, 1.807) is 0 Å². The summed E-state index contributed by atoms with van der Waals surface area (Å²) >= 11 is 6.27. The maximum atomic E-state index is 6.27. The molecule has 1 aromatic carbocycles. The molecule has 0 spiro atoms. The van der Waals surface area contributed by atoms with E-state index in [0.717, 1.165) is 55.2 Å². The average molecular weight is 240 g/mol. The highest BCUT2D eigenvalue weighted by Gasteiger charge is 2.20. The number of hydrogen-bond donors (Lipinski definition) is 1. The number of ether oxygens (including phenoxy) is 1. The first-order valence-corrected chi connectivity index (χ1v) is 6.25. The summed E-state index contributed by atoms with van der Waals surface area (Å²) in [6.45, 7) is 3.59. The molecule has 0 atom stereocenters. The molecule has 2 nitrogen and oxygen atoms in total. The standard InChI is InChI=1S/C13H18ClNO/c1-9-8-10(4-2-3-6-15)13-11(12(9)14)5-7-16-13/h8H,2-7,15H2,1H3. The lowest BCUT2D eigenvalue weighted by molar-refractivity contribution is 0.353. The Morgan fingerprint density at radius 3 is 3.00 bits per heavy atom. The lowest BCUT2D eigenvalue weighted by Crippen LogP contribution is -2.00. The van der Waals surface area contributed by atoms with E-state index in [2.05, 4.69) is 13.0 Å². The third kappa shape index (κ3) is 2.18. The Morgan fingerprint density at radius 1 is 1.44 bits per heavy atom. The molecule has 0 fully saturated rings. The predicted molar refractivity (Wildman–Crippen MR) is 67.4 cm³/mol. The van der Waals surface area contributed by atoms with Gasteiger partial charge >= 0.3 is 0 Å². The number of aryl methyl sites for hydroxylation is 2. The molecule has 2 N–H and O–H groups in total. The van der Waals surface area contributed by atoms with Crippen LogP contribution in [0.15, 0.2) is 6.07 Å². The van der Waals surface area contributed by atoms with Crippen LogP contribution in [0.3, 0.4) is 0 Å². The molecule has 0 radical (unpaired) electrons. The monoisotopic (exact) mass is 239 g/mol. The molecule has 0 saturated heterocycles. The topological polar surface area (TPSA) is 35.2 Å². The van der Waals surface area contributed by atoms with Crippen LogP contribution >= 0.6 is 11.6 Å². The van der Waals surface area contributed by atoms with Crippen molar-refractivity contribution in [2.75, 3.05) is 13.2 Å². The SMILES string of the molecule is Cc1cc(CCCCN)c2c(c1Cl)CCO2. The van der Waals surface area contributed by atoms with Crippen molar-refractivity contribution in [3.05, 3.63) is 27.8 Å². The number of halogens is 1. The average Bonchev–Trinajstić information content (AvgIpc) is 2.74. The minimum absolute atomic E-state index is 0.760. The Labute approximate surface area is 102 Å². The molecule has 0 saturated carbocycles. The van der Waals surface area contributed by atoms with Gasteiger partial charge in [0.25, 0.3) is 0 Å². The van der Waals surface area contributed by atoms with E-state index in [-0.39, 0.29) is 0 Å². The van der Waals surface area contributed by atoms with E-state index in [4.69, 9.17) is 22.1 Å². The summed E-state index contributed by atoms with van der Waals surface area (Å²) in [5.74, 6) is 1.03. The number of unbranched alkanes of at least 4 members (excludes halogenated alkanes) is 1. The van der Waals surface area contributed by atoms with Crippen molar-refractivity contribution in [1.29, 1.82) is 0 Å². The van der Waals surface area contributed by atoms with Crippen LogP contribution in [0.5, 0.6) is 5.75 Å². The zero-order valence-electron chi connectivity index (χ0n) is 9.68. The molecular formula is C13H18ClNO. The normalized spacial score (nSPS) is 13.7. The molecule has 0 unspecified atom stereocenters. The summed E-state index contributed by atoms with van der Waals surface area (Å²) in [6, 6.07) is 2.16. The summed E-state index contributed by atoms with van der Waals surface area (Å²) in [5.41, 5.74) is 9.16. The zero-order valence-corrected chi connectivity index (χ0v) is 10.4. The second kappa shape index (κ2) is 5.07. The first kappa shape index (κ1) is 11.7. The van der Waals surface area contributed by atoms with Crippen molar-refractivity contribution in [3.8, 4) is 5.75 Å². The van der Waals surface area contributed by atoms with Gasteiger partial charge in [-0.1, -0.05) is 17.7 Å². The van der Waals surface area contributed by atoms with Crippen LogP contribution in [0.25, 0.3) is 0 Å². The smallest absolute Gasteiger partial charge is 0.127 e. The highest BCUT2D eigenvalue weighted by Crippen LogP contribution is 2.38. The first-order valence-electron chi connectivity index (χ1n) is 5.87. The molecule has 16 heavy (non-hydrogen) atoms. The summed E-state index contributed by atoms with van der Waals surface area (Å²) in [4.78, 5) is 0. The van der Waals surface area contributed by atoms with Crippen LogP contribution in [-0.2, 0) is 12.8 Å². The Kier molecular flexibility index (Phi) is 3.72. The van der Waals surface area contributed by atoms with Gasteiger partial charge in [0.15, 0.2) is 0 Å². The minimum atomic E-state index is 0.760. The molecule has 1 heterocycles. The van der Waals surface area contributed by atoms with E-state index >= 15 is 0 Å². The molecule has 1 aliphatic heterocycles. The first-order chi connectivity index (χ1) is 7.74. The van der Waals surface area contributed by atoms with Crippen LogP contribution in [-0.4, -0.2) is 13.2 Å². The molecule has 2 rings (SSSR count). The van der Waals surface area contributed by atoms with Gasteiger partial charge in [-0.15, -0.1) is 0 Å². The third-order valence-electron chi connectivity index (χ3n) is 3.07. The Hall–Kier alpha value is -0.730. The fraction of sp³-hybridized carbons (Fsp3) is 0.538. The zero-order chi connectivity index (χ0) is 11.5. The molecule has 0 aromatic heterocycles. The molecule has 0 aliphatic carbocycles. The van der Waals surface area contributed by atoms with E-state index in [9.17, 15) is 0 Å². The molecule has 3 heteroatoms. The third-order valence-corrected chi connectivity index (χ3v) is 3.59. The highest BCUT2D eigenvalue weighted by molar-refractivity contribution is 6.32. The quantitative estimate of drug-likeness (QED) is 0.821. The van der Waals surface area contributed by atoms with Crippen molar-refractivity contribution in [2.45, 2.75) is 32.6 Å². The summed E-state index contributed by atoms with van der Waals surface area (Å²) in [6.07, 6.45) is 4.17. The molecule has 0 amide bonds.